The molecule has 1 heterocycles. The lowest BCUT2D eigenvalue weighted by Gasteiger charge is -2.11. The van der Waals surface area contributed by atoms with Crippen LogP contribution in [0.25, 0.3) is 0 Å². The van der Waals surface area contributed by atoms with Crippen molar-refractivity contribution in [2.75, 3.05) is 0 Å². The van der Waals surface area contributed by atoms with E-state index in [2.05, 4.69) is 4.98 Å². The Morgan fingerprint density at radius 1 is 1.11 bits per heavy atom. The molecule has 0 amide bonds. The largest absolute Gasteiger partial charge is 0.487 e. The van der Waals surface area contributed by atoms with Crippen LogP contribution in [0.2, 0.25) is 15.1 Å². The molecule has 0 saturated heterocycles. The van der Waals surface area contributed by atoms with E-state index in [1.54, 1.807) is 18.3 Å². The van der Waals surface area contributed by atoms with E-state index in [1.165, 1.54) is 0 Å². The average molecular weight is 318 g/mol. The third kappa shape index (κ3) is 3.51. The predicted molar refractivity (Wildman–Crippen MR) is 77.9 cm³/mol. The summed E-state index contributed by atoms with van der Waals surface area (Å²) in [6.45, 7) is 0.673. The number of benzene rings is 1. The Balaban J connectivity index is 2.17. The van der Waals surface area contributed by atoms with Gasteiger partial charge in [-0.25, -0.2) is 0 Å². The van der Waals surface area contributed by atoms with Gasteiger partial charge in [0.15, 0.2) is 0 Å². The number of ether oxygens (including phenoxy) is 1. The summed E-state index contributed by atoms with van der Waals surface area (Å²) in [6.07, 6.45) is 1.69. The molecule has 2 N–H and O–H groups in total. The van der Waals surface area contributed by atoms with E-state index < -0.39 is 0 Å². The van der Waals surface area contributed by atoms with Gasteiger partial charge >= 0.3 is 0 Å². The van der Waals surface area contributed by atoms with E-state index >= 15 is 0 Å². The van der Waals surface area contributed by atoms with Gasteiger partial charge in [0.1, 0.15) is 12.4 Å². The molecule has 0 saturated carbocycles. The van der Waals surface area contributed by atoms with Crippen LogP contribution in [-0.4, -0.2) is 4.98 Å². The van der Waals surface area contributed by atoms with Crippen LogP contribution >= 0.6 is 34.8 Å². The van der Waals surface area contributed by atoms with Gasteiger partial charge in [0, 0.05) is 24.4 Å². The topological polar surface area (TPSA) is 48.1 Å². The Morgan fingerprint density at radius 3 is 2.58 bits per heavy atom. The number of halogens is 3. The first kappa shape index (κ1) is 14.4. The molecule has 0 fully saturated rings. The van der Waals surface area contributed by atoms with Crippen molar-refractivity contribution in [3.8, 4) is 5.75 Å². The van der Waals surface area contributed by atoms with Crippen LogP contribution in [0.4, 0.5) is 0 Å². The lowest BCUT2D eigenvalue weighted by atomic mass is 10.2. The molecule has 3 nitrogen and oxygen atoms in total. The summed E-state index contributed by atoms with van der Waals surface area (Å²) in [5.41, 5.74) is 7.31. The van der Waals surface area contributed by atoms with Gasteiger partial charge in [-0.15, -0.1) is 0 Å². The molecule has 6 heteroatoms. The van der Waals surface area contributed by atoms with Crippen molar-refractivity contribution in [3.05, 3.63) is 56.8 Å². The molecule has 100 valence electrons. The van der Waals surface area contributed by atoms with Crippen LogP contribution < -0.4 is 10.5 Å². The summed E-state index contributed by atoms with van der Waals surface area (Å²) in [7, 11) is 0. The van der Waals surface area contributed by atoms with Crippen LogP contribution in [-0.2, 0) is 13.2 Å². The Morgan fingerprint density at radius 2 is 1.84 bits per heavy atom. The molecule has 2 rings (SSSR count). The third-order valence-corrected chi connectivity index (χ3v) is 3.55. The quantitative estimate of drug-likeness (QED) is 0.864. The SMILES string of the molecule is NCc1ncccc1COc1cc(Cl)c(Cl)cc1Cl. The highest BCUT2D eigenvalue weighted by Gasteiger charge is 2.08. The van der Waals surface area contributed by atoms with Gasteiger partial charge in [0.2, 0.25) is 0 Å². The first-order valence-corrected chi connectivity index (χ1v) is 6.65. The highest BCUT2D eigenvalue weighted by molar-refractivity contribution is 6.43. The van der Waals surface area contributed by atoms with E-state index in [9.17, 15) is 0 Å². The van der Waals surface area contributed by atoms with Crippen LogP contribution in [0.15, 0.2) is 30.5 Å². The summed E-state index contributed by atoms with van der Waals surface area (Å²) < 4.78 is 5.63. The van der Waals surface area contributed by atoms with Gasteiger partial charge < -0.3 is 10.5 Å². The summed E-state index contributed by atoms with van der Waals surface area (Å²) in [4.78, 5) is 4.18. The van der Waals surface area contributed by atoms with E-state index in [0.29, 0.717) is 34.0 Å². The van der Waals surface area contributed by atoms with E-state index in [1.807, 2.05) is 12.1 Å². The fraction of sp³-hybridized carbons (Fsp3) is 0.154. The maximum Gasteiger partial charge on any atom is 0.139 e. The molecular weight excluding hydrogens is 307 g/mol. The Kier molecular flexibility index (Phi) is 4.88. The molecule has 0 radical (unpaired) electrons. The number of aromatic nitrogens is 1. The molecular formula is C13H11Cl3N2O. The molecule has 1 aromatic carbocycles. The van der Waals surface area contributed by atoms with Crippen molar-refractivity contribution < 1.29 is 4.74 Å². The Labute approximate surface area is 126 Å². The number of pyridine rings is 1. The fourth-order valence-corrected chi connectivity index (χ4v) is 2.15. The lowest BCUT2D eigenvalue weighted by molar-refractivity contribution is 0.304. The molecule has 2 aromatic rings. The monoisotopic (exact) mass is 316 g/mol. The fourth-order valence-electron chi connectivity index (χ4n) is 1.56. The second-order valence-corrected chi connectivity index (χ2v) is 5.02. The lowest BCUT2D eigenvalue weighted by Crippen LogP contribution is -2.06. The van der Waals surface area contributed by atoms with Crippen LogP contribution in [0.5, 0.6) is 5.75 Å². The van der Waals surface area contributed by atoms with Crippen LogP contribution in [0, 0.1) is 0 Å². The minimum atomic E-state index is 0.318. The van der Waals surface area contributed by atoms with E-state index in [-0.39, 0.29) is 0 Å². The van der Waals surface area contributed by atoms with Gasteiger partial charge in [-0.1, -0.05) is 40.9 Å². The van der Waals surface area contributed by atoms with Gasteiger partial charge in [0.25, 0.3) is 0 Å². The van der Waals surface area contributed by atoms with E-state index in [0.717, 1.165) is 11.3 Å². The Bertz CT molecular complexity index is 590. The summed E-state index contributed by atoms with van der Waals surface area (Å²) in [5, 5.41) is 1.20. The van der Waals surface area contributed by atoms with Crippen molar-refractivity contribution in [1.29, 1.82) is 0 Å². The van der Waals surface area contributed by atoms with Crippen molar-refractivity contribution in [1.82, 2.24) is 4.98 Å². The second kappa shape index (κ2) is 6.44. The highest BCUT2D eigenvalue weighted by atomic mass is 35.5. The third-order valence-electron chi connectivity index (χ3n) is 2.54. The highest BCUT2D eigenvalue weighted by Crippen LogP contribution is 2.34. The summed E-state index contributed by atoms with van der Waals surface area (Å²) >= 11 is 17.8. The van der Waals surface area contributed by atoms with E-state index in [4.69, 9.17) is 45.3 Å². The molecule has 0 aliphatic heterocycles. The van der Waals surface area contributed by atoms with Crippen LogP contribution in [0.3, 0.4) is 0 Å². The minimum absolute atomic E-state index is 0.318. The van der Waals surface area contributed by atoms with Gasteiger partial charge in [-0.3, -0.25) is 4.98 Å². The zero-order chi connectivity index (χ0) is 13.8. The number of nitrogens with zero attached hydrogens (tertiary/aromatic N) is 1. The standard InChI is InChI=1S/C13H11Cl3N2O/c14-9-4-11(16)13(5-10(9)15)19-7-8-2-1-3-18-12(8)6-17/h1-5H,6-7,17H2. The zero-order valence-corrected chi connectivity index (χ0v) is 12.1. The van der Waals surface area contributed by atoms with Crippen molar-refractivity contribution in [3.63, 3.8) is 0 Å². The number of hydrogen-bond acceptors (Lipinski definition) is 3. The number of rotatable bonds is 4. The first-order valence-electron chi connectivity index (χ1n) is 5.52. The molecule has 0 aliphatic carbocycles. The van der Waals surface area contributed by atoms with Crippen molar-refractivity contribution >= 4 is 34.8 Å². The maximum atomic E-state index is 6.03. The van der Waals surface area contributed by atoms with Crippen molar-refractivity contribution in [2.24, 2.45) is 5.73 Å². The molecule has 0 bridgehead atoms. The molecule has 0 aliphatic rings. The number of hydrogen-bond donors (Lipinski definition) is 1. The summed E-state index contributed by atoms with van der Waals surface area (Å²) in [5.74, 6) is 0.475. The first-order chi connectivity index (χ1) is 9.11. The van der Waals surface area contributed by atoms with Crippen LogP contribution in [0.1, 0.15) is 11.3 Å². The maximum absolute atomic E-state index is 6.03. The average Bonchev–Trinajstić information content (AvgIpc) is 2.41. The molecule has 1 aromatic heterocycles. The minimum Gasteiger partial charge on any atom is -0.487 e. The number of nitrogens with two attached hydrogens (primary N) is 1. The summed E-state index contributed by atoms with van der Waals surface area (Å²) in [6, 6.07) is 6.87. The smallest absolute Gasteiger partial charge is 0.139 e. The molecule has 19 heavy (non-hydrogen) atoms. The second-order valence-electron chi connectivity index (χ2n) is 3.80. The van der Waals surface area contributed by atoms with Gasteiger partial charge in [0.05, 0.1) is 20.8 Å². The Hall–Kier alpha value is -1.000. The van der Waals surface area contributed by atoms with Gasteiger partial charge in [-0.2, -0.15) is 0 Å². The van der Waals surface area contributed by atoms with Crippen molar-refractivity contribution in [2.45, 2.75) is 13.2 Å². The zero-order valence-electron chi connectivity index (χ0n) is 9.87. The predicted octanol–water partition coefficient (Wildman–Crippen LogP) is 4.08. The molecule has 0 atom stereocenters. The normalized spacial score (nSPS) is 10.5. The molecule has 0 spiro atoms. The molecule has 0 unspecified atom stereocenters. The van der Waals surface area contributed by atoms with Gasteiger partial charge in [-0.05, 0) is 12.1 Å².